The maximum absolute atomic E-state index is 14.5. The van der Waals surface area contributed by atoms with Crippen LogP contribution in [0.3, 0.4) is 0 Å². The van der Waals surface area contributed by atoms with Crippen molar-refractivity contribution in [3.05, 3.63) is 24.0 Å². The van der Waals surface area contributed by atoms with E-state index in [9.17, 15) is 14.0 Å². The molecule has 2 aliphatic heterocycles. The number of nitrogens with one attached hydrogen (secondary N) is 1. The minimum Gasteiger partial charge on any atom is -0.442 e. The molecule has 10 heteroatoms. The molecule has 25 heavy (non-hydrogen) atoms. The molecule has 0 radical (unpaired) electrons. The monoisotopic (exact) mass is 369 g/mol. The van der Waals surface area contributed by atoms with Crippen LogP contribution in [-0.4, -0.2) is 61.8 Å². The molecule has 1 atom stereocenters. The van der Waals surface area contributed by atoms with Gasteiger partial charge in [0.05, 0.1) is 24.5 Å². The van der Waals surface area contributed by atoms with Crippen LogP contribution in [0.15, 0.2) is 18.2 Å². The van der Waals surface area contributed by atoms with E-state index in [4.69, 9.17) is 10.5 Å². The quantitative estimate of drug-likeness (QED) is 0.683. The van der Waals surface area contributed by atoms with Gasteiger partial charge in [0.15, 0.2) is 0 Å². The summed E-state index contributed by atoms with van der Waals surface area (Å²) in [6.45, 7) is 3.32. The summed E-state index contributed by atoms with van der Waals surface area (Å²) in [6.07, 6.45) is -1.17. The van der Waals surface area contributed by atoms with Crippen molar-refractivity contribution in [3.8, 4) is 0 Å². The smallest absolute Gasteiger partial charge is 0.414 e. The predicted molar refractivity (Wildman–Crippen MR) is 94.4 cm³/mol. The van der Waals surface area contributed by atoms with Gasteiger partial charge in [-0.25, -0.2) is 14.0 Å². The number of nitrogens with two attached hydrogens (primary N) is 1. The summed E-state index contributed by atoms with van der Waals surface area (Å²) in [5.74, 6) is -0.386. The van der Waals surface area contributed by atoms with Gasteiger partial charge in [0, 0.05) is 26.2 Å². The lowest BCUT2D eigenvalue weighted by Crippen LogP contribution is -2.43. The summed E-state index contributed by atoms with van der Waals surface area (Å²) in [7, 11) is 0. The molecular weight excluding hydrogens is 349 g/mol. The number of cyclic esters (lactones) is 1. The normalized spacial score (nSPS) is 20.6. The minimum atomic E-state index is -0.732. The van der Waals surface area contributed by atoms with E-state index in [1.54, 1.807) is 12.1 Å². The molecule has 2 fully saturated rings. The zero-order valence-electron chi connectivity index (χ0n) is 13.5. The van der Waals surface area contributed by atoms with Crippen LogP contribution in [0.1, 0.15) is 0 Å². The first-order valence-corrected chi connectivity index (χ1v) is 8.35. The largest absolute Gasteiger partial charge is 0.442 e. The predicted octanol–water partition coefficient (Wildman–Crippen LogP) is 0.786. The molecule has 3 N–H and O–H groups in total. The van der Waals surface area contributed by atoms with Gasteiger partial charge in [-0.1, -0.05) is 12.8 Å². The topological polar surface area (TPSA) is 91.1 Å². The number of urea groups is 1. The summed E-state index contributed by atoms with van der Waals surface area (Å²) in [4.78, 5) is 26.3. The lowest BCUT2D eigenvalue weighted by molar-refractivity contribution is 0.132. The lowest BCUT2D eigenvalue weighted by Gasteiger charge is -2.30. The maximum Gasteiger partial charge on any atom is 0.414 e. The maximum atomic E-state index is 14.5. The first kappa shape index (κ1) is 17.6. The van der Waals surface area contributed by atoms with Crippen LogP contribution in [0.2, 0.25) is 0 Å². The van der Waals surface area contributed by atoms with Gasteiger partial charge >= 0.3 is 12.1 Å². The van der Waals surface area contributed by atoms with Gasteiger partial charge in [-0.15, -0.1) is 0 Å². The molecule has 1 aromatic rings. The highest BCUT2D eigenvalue weighted by atomic mass is 32.1. The Morgan fingerprint density at radius 1 is 1.44 bits per heavy atom. The summed E-state index contributed by atoms with van der Waals surface area (Å²) >= 11 is 3.91. The third kappa shape index (κ3) is 3.90. The van der Waals surface area contributed by atoms with E-state index < -0.39 is 18.2 Å². The Balaban J connectivity index is 1.70. The fraction of sp³-hybridized carbons (Fsp3) is 0.467. The SMILES string of the molecule is NC(=O)N(S)C[C@@H]1CN(c2ccc(N3CCNCC3)c(F)c2)C(=O)O1. The second-order valence-corrected chi connectivity index (χ2v) is 6.39. The van der Waals surface area contributed by atoms with Crippen LogP contribution >= 0.6 is 12.8 Å². The number of thiol groups is 1. The van der Waals surface area contributed by atoms with Gasteiger partial charge in [-0.2, -0.15) is 0 Å². The molecule has 0 saturated carbocycles. The van der Waals surface area contributed by atoms with Gasteiger partial charge in [0.25, 0.3) is 0 Å². The van der Waals surface area contributed by atoms with Crippen molar-refractivity contribution >= 4 is 36.3 Å². The van der Waals surface area contributed by atoms with Gasteiger partial charge in [-0.3, -0.25) is 9.21 Å². The molecule has 1 aromatic carbocycles. The van der Waals surface area contributed by atoms with Gasteiger partial charge in [0.1, 0.15) is 11.9 Å². The third-order valence-electron chi connectivity index (χ3n) is 4.21. The third-order valence-corrected chi connectivity index (χ3v) is 4.57. The molecule has 0 aliphatic carbocycles. The zero-order chi connectivity index (χ0) is 18.0. The highest BCUT2D eigenvalue weighted by Crippen LogP contribution is 2.28. The van der Waals surface area contributed by atoms with E-state index in [0.717, 1.165) is 30.5 Å². The van der Waals surface area contributed by atoms with Crippen LogP contribution in [0, 0.1) is 5.82 Å². The molecule has 8 nitrogen and oxygen atoms in total. The Hall–Kier alpha value is -2.20. The number of benzene rings is 1. The molecule has 0 unspecified atom stereocenters. The van der Waals surface area contributed by atoms with Crippen molar-refractivity contribution in [3.63, 3.8) is 0 Å². The molecule has 136 valence electrons. The van der Waals surface area contributed by atoms with Crippen molar-refractivity contribution in [2.75, 3.05) is 49.1 Å². The number of piperazine rings is 1. The Bertz CT molecular complexity index is 671. The molecule has 3 amide bonds. The number of hydrogen-bond acceptors (Lipinski definition) is 6. The van der Waals surface area contributed by atoms with Crippen molar-refractivity contribution in [1.82, 2.24) is 9.62 Å². The fourth-order valence-corrected chi connectivity index (χ4v) is 3.12. The average molecular weight is 369 g/mol. The minimum absolute atomic E-state index is 0.0576. The average Bonchev–Trinajstić information content (AvgIpc) is 2.95. The van der Waals surface area contributed by atoms with Crippen molar-refractivity contribution in [2.24, 2.45) is 5.73 Å². The van der Waals surface area contributed by atoms with Gasteiger partial charge in [-0.05, 0) is 18.2 Å². The number of halogens is 1. The number of rotatable bonds is 4. The van der Waals surface area contributed by atoms with E-state index in [2.05, 4.69) is 18.1 Å². The van der Waals surface area contributed by atoms with Crippen LogP contribution in [-0.2, 0) is 4.74 Å². The number of carbonyl (C=O) groups excluding carboxylic acids is 2. The van der Waals surface area contributed by atoms with Crippen LogP contribution in [0.5, 0.6) is 0 Å². The first-order valence-electron chi connectivity index (χ1n) is 7.95. The van der Waals surface area contributed by atoms with E-state index >= 15 is 0 Å². The molecule has 2 heterocycles. The second kappa shape index (κ2) is 7.36. The molecule has 3 rings (SSSR count). The molecule has 2 saturated heterocycles. The Kier molecular flexibility index (Phi) is 5.19. The van der Waals surface area contributed by atoms with E-state index in [1.165, 1.54) is 11.0 Å². The Morgan fingerprint density at radius 2 is 2.16 bits per heavy atom. The van der Waals surface area contributed by atoms with Crippen LogP contribution in [0.4, 0.5) is 25.4 Å². The standard InChI is InChI=1S/C15H20FN5O3S/c16-12-7-10(1-2-13(12)19-5-3-18-4-6-19)20-8-11(24-15(20)23)9-21(25)14(17)22/h1-2,7,11,18,25H,3-6,8-9H2,(H2,17,22)/t11-/m0/s1. The highest BCUT2D eigenvalue weighted by molar-refractivity contribution is 7.78. The van der Waals surface area contributed by atoms with Crippen molar-refractivity contribution in [1.29, 1.82) is 0 Å². The van der Waals surface area contributed by atoms with Crippen molar-refractivity contribution < 1.29 is 18.7 Å². The second-order valence-electron chi connectivity index (χ2n) is 5.91. The number of nitrogens with zero attached hydrogens (tertiary/aromatic N) is 3. The number of hydrogen-bond donors (Lipinski definition) is 3. The highest BCUT2D eigenvalue weighted by Gasteiger charge is 2.34. The molecule has 0 aromatic heterocycles. The molecule has 2 aliphatic rings. The number of primary amides is 1. The zero-order valence-corrected chi connectivity index (χ0v) is 14.4. The van der Waals surface area contributed by atoms with Gasteiger partial charge < -0.3 is 20.7 Å². The van der Waals surface area contributed by atoms with Gasteiger partial charge in [0.2, 0.25) is 0 Å². The van der Waals surface area contributed by atoms with Crippen molar-refractivity contribution in [2.45, 2.75) is 6.10 Å². The number of amides is 3. The lowest BCUT2D eigenvalue weighted by atomic mass is 10.2. The summed E-state index contributed by atoms with van der Waals surface area (Å²) in [5.41, 5.74) is 6.03. The molecular formula is C15H20FN5O3S. The number of carbonyl (C=O) groups is 2. The van der Waals surface area contributed by atoms with Crippen LogP contribution < -0.4 is 20.9 Å². The first-order chi connectivity index (χ1) is 12.0. The summed E-state index contributed by atoms with van der Waals surface area (Å²) in [6, 6.07) is 3.96. The fourth-order valence-electron chi connectivity index (χ4n) is 2.94. The molecule has 0 spiro atoms. The van der Waals surface area contributed by atoms with E-state index in [-0.39, 0.29) is 18.9 Å². The number of ether oxygens (including phenoxy) is 1. The number of anilines is 2. The van der Waals surface area contributed by atoms with E-state index in [1.807, 2.05) is 4.90 Å². The Morgan fingerprint density at radius 3 is 2.80 bits per heavy atom. The molecule has 0 bridgehead atoms. The Labute approximate surface area is 150 Å². The summed E-state index contributed by atoms with van der Waals surface area (Å²) < 4.78 is 20.7. The summed E-state index contributed by atoms with van der Waals surface area (Å²) in [5, 5.41) is 3.22. The van der Waals surface area contributed by atoms with E-state index in [0.29, 0.717) is 11.4 Å². The van der Waals surface area contributed by atoms with Crippen LogP contribution in [0.25, 0.3) is 0 Å².